The van der Waals surface area contributed by atoms with Crippen LogP contribution in [-0.2, 0) is 55.8 Å². The van der Waals surface area contributed by atoms with Crippen molar-refractivity contribution in [1.29, 1.82) is 0 Å². The molecule has 0 aliphatic rings. The van der Waals surface area contributed by atoms with E-state index < -0.39 is 91.5 Å². The van der Waals surface area contributed by atoms with Gasteiger partial charge >= 0.3 is 33.6 Å². The Balaban J connectivity index is 4.48. The molecule has 5 atom stereocenters. The van der Waals surface area contributed by atoms with E-state index in [1.165, 1.54) is 116 Å². The molecule has 0 heterocycles. The molecule has 0 fully saturated rings. The molecule has 0 saturated carbocycles. The molecule has 0 aromatic rings. The summed E-state index contributed by atoms with van der Waals surface area (Å²) in [6.45, 7) is 2.45. The molecule has 0 saturated heterocycles. The number of rotatable bonds is 73. The Bertz CT molecular complexity index is 2290. The smallest absolute Gasteiger partial charge is 0.463 e. The molecule has 0 aromatic carbocycles. The number of allylic oxidation sites excluding steroid dienone is 20. The molecule has 16 nitrogen and oxygen atoms in total. The summed E-state index contributed by atoms with van der Waals surface area (Å²) in [5, 5.41) is 20.6. The minimum atomic E-state index is -4.93. The van der Waals surface area contributed by atoms with Crippen molar-refractivity contribution in [2.45, 2.75) is 334 Å². The first-order chi connectivity index (χ1) is 48.2. The van der Waals surface area contributed by atoms with E-state index in [1.54, 1.807) is 0 Å². The van der Waals surface area contributed by atoms with E-state index in [2.05, 4.69) is 142 Å². The molecule has 5 unspecified atom stereocenters. The van der Waals surface area contributed by atoms with Crippen molar-refractivity contribution in [3.63, 3.8) is 0 Å². The van der Waals surface area contributed by atoms with Crippen LogP contribution in [0.25, 0.3) is 0 Å². The number of esters is 3. The van der Waals surface area contributed by atoms with Gasteiger partial charge in [0.05, 0.1) is 26.4 Å². The van der Waals surface area contributed by atoms with Crippen LogP contribution in [0.4, 0.5) is 0 Å². The SMILES string of the molecule is CC/C=C\C/C=C\C/C=C\C/C=C\C/C=C\C/C=C\CCCCCCCCCCCCCCC(=O)OCC(O)COP(=O)(O)OCC(O)COP(=O)(O)OCC(COC(=O)CCCCCC/C=C\C/C=C\C/C=C\C/C=C\CC)OC(=O)CCCCCCCCCCCCCCCCC. The fraction of sp³-hybridized carbons (Fsp3) is 0.716. The van der Waals surface area contributed by atoms with Gasteiger partial charge in [0, 0.05) is 19.3 Å². The van der Waals surface area contributed by atoms with Crippen LogP contribution in [0.15, 0.2) is 122 Å². The van der Waals surface area contributed by atoms with Crippen molar-refractivity contribution >= 4 is 33.6 Å². The Morgan fingerprint density at radius 1 is 0.293 bits per heavy atom. The maximum Gasteiger partial charge on any atom is 0.472 e. The third-order valence-corrected chi connectivity index (χ3v) is 18.1. The van der Waals surface area contributed by atoms with Gasteiger partial charge in [0.15, 0.2) is 6.10 Å². The number of unbranched alkanes of at least 4 members (excludes halogenated alkanes) is 30. The van der Waals surface area contributed by atoms with Crippen molar-refractivity contribution in [2.24, 2.45) is 0 Å². The number of carbonyl (C=O) groups excluding carboxylic acids is 3. The second kappa shape index (κ2) is 73.7. The molecule has 0 aliphatic heterocycles. The summed E-state index contributed by atoms with van der Waals surface area (Å²) in [6, 6.07) is 0. The summed E-state index contributed by atoms with van der Waals surface area (Å²) in [5.41, 5.74) is 0. The summed E-state index contributed by atoms with van der Waals surface area (Å²) in [7, 11) is -9.79. The van der Waals surface area contributed by atoms with E-state index in [9.17, 15) is 43.5 Å². The number of phosphoric acid groups is 2. The average molecular weight is 1430 g/mol. The minimum absolute atomic E-state index is 0.101. The van der Waals surface area contributed by atoms with Crippen LogP contribution < -0.4 is 0 Å². The van der Waals surface area contributed by atoms with Gasteiger partial charge in [-0.1, -0.05) is 309 Å². The molecule has 0 spiro atoms. The molecule has 99 heavy (non-hydrogen) atoms. The van der Waals surface area contributed by atoms with Gasteiger partial charge in [-0.2, -0.15) is 0 Å². The maximum absolute atomic E-state index is 12.9. The third-order valence-electron chi connectivity index (χ3n) is 16.2. The average Bonchev–Trinajstić information content (AvgIpc) is 2.96. The third kappa shape index (κ3) is 74.9. The fourth-order valence-electron chi connectivity index (χ4n) is 10.3. The van der Waals surface area contributed by atoms with Crippen LogP contribution in [0.3, 0.4) is 0 Å². The number of carbonyl (C=O) groups is 3. The molecule has 570 valence electrons. The second-order valence-corrected chi connectivity index (χ2v) is 28.7. The first-order valence-electron chi connectivity index (χ1n) is 38.8. The molecular weight excluding hydrogens is 1290 g/mol. The highest BCUT2D eigenvalue weighted by molar-refractivity contribution is 7.47. The molecule has 0 bridgehead atoms. The quantitative estimate of drug-likeness (QED) is 0.0146. The van der Waals surface area contributed by atoms with Gasteiger partial charge in [-0.05, 0) is 109 Å². The molecule has 0 aromatic heterocycles. The standard InChI is InChI=1S/C81H140O16P2/c1-4-7-10-13-16-19-22-25-28-30-31-32-33-34-35-36-37-38-39-40-41-42-43-45-48-49-52-55-58-61-64-67-79(84)91-70-76(82)71-93-98(87,88)94-72-77(83)73-95-99(89,90)96-75-78(97-81(86)69-66-63-60-57-54-51-46-27-24-21-18-15-12-9-6-3)74-92-80(85)68-65-62-59-56-53-50-47-44-29-26-23-20-17-14-11-8-5-2/h7-8,10-11,16-17,19-20,25-26,28-29,31-32,34-35,37-38,47,50,76-78,82-83H,4-6,9,12-15,18,21-24,27,30,33,36,39-46,48-49,51-75H2,1-3H3,(H,87,88)(H,89,90)/b10-7-,11-8-,19-16-,20-17-,28-25-,29-26-,32-31-,35-34-,38-37-,50-47-. The number of ether oxygens (including phenoxy) is 3. The first kappa shape index (κ1) is 94.9. The van der Waals surface area contributed by atoms with Crippen LogP contribution in [0.2, 0.25) is 0 Å². The normalized spacial score (nSPS) is 14.7. The Hall–Kier alpha value is -4.05. The van der Waals surface area contributed by atoms with Gasteiger partial charge in [-0.15, -0.1) is 0 Å². The lowest BCUT2D eigenvalue weighted by Gasteiger charge is -2.21. The van der Waals surface area contributed by atoms with Crippen LogP contribution in [-0.4, -0.2) is 95.9 Å². The van der Waals surface area contributed by atoms with E-state index in [0.29, 0.717) is 19.3 Å². The Morgan fingerprint density at radius 3 is 0.848 bits per heavy atom. The molecule has 0 rings (SSSR count). The fourth-order valence-corrected chi connectivity index (χ4v) is 11.9. The van der Waals surface area contributed by atoms with Gasteiger partial charge in [-0.3, -0.25) is 32.5 Å². The number of hydrogen-bond acceptors (Lipinski definition) is 14. The van der Waals surface area contributed by atoms with Gasteiger partial charge < -0.3 is 34.2 Å². The lowest BCUT2D eigenvalue weighted by atomic mass is 10.0. The number of aliphatic hydroxyl groups is 2. The van der Waals surface area contributed by atoms with Crippen LogP contribution >= 0.6 is 15.6 Å². The number of phosphoric ester groups is 2. The molecule has 18 heteroatoms. The van der Waals surface area contributed by atoms with Crippen LogP contribution in [0.1, 0.15) is 316 Å². The van der Waals surface area contributed by atoms with Crippen molar-refractivity contribution < 1.29 is 75.8 Å². The van der Waals surface area contributed by atoms with Crippen molar-refractivity contribution in [2.75, 3.05) is 39.6 Å². The largest absolute Gasteiger partial charge is 0.472 e. The summed E-state index contributed by atoms with van der Waals surface area (Å²) in [5.74, 6) is -1.60. The highest BCUT2D eigenvalue weighted by Gasteiger charge is 2.29. The lowest BCUT2D eigenvalue weighted by Crippen LogP contribution is -2.30. The lowest BCUT2D eigenvalue weighted by molar-refractivity contribution is -0.161. The summed E-state index contributed by atoms with van der Waals surface area (Å²) in [6.07, 6.45) is 86.8. The Morgan fingerprint density at radius 2 is 0.535 bits per heavy atom. The van der Waals surface area contributed by atoms with Gasteiger partial charge in [0.25, 0.3) is 0 Å². The van der Waals surface area contributed by atoms with Gasteiger partial charge in [0.1, 0.15) is 25.4 Å². The highest BCUT2D eigenvalue weighted by atomic mass is 31.2. The first-order valence-corrected chi connectivity index (χ1v) is 41.8. The highest BCUT2D eigenvalue weighted by Crippen LogP contribution is 2.45. The predicted octanol–water partition coefficient (Wildman–Crippen LogP) is 22.5. The van der Waals surface area contributed by atoms with E-state index in [1.807, 2.05) is 0 Å². The predicted molar refractivity (Wildman–Crippen MR) is 408 cm³/mol. The molecule has 0 aliphatic carbocycles. The zero-order valence-electron chi connectivity index (χ0n) is 62.1. The van der Waals surface area contributed by atoms with Crippen LogP contribution in [0.5, 0.6) is 0 Å². The summed E-state index contributed by atoms with van der Waals surface area (Å²) in [4.78, 5) is 58.6. The molecule has 0 amide bonds. The monoisotopic (exact) mass is 1430 g/mol. The Labute approximate surface area is 602 Å². The maximum atomic E-state index is 12.9. The second-order valence-electron chi connectivity index (χ2n) is 25.8. The summed E-state index contributed by atoms with van der Waals surface area (Å²) < 4.78 is 61.1. The minimum Gasteiger partial charge on any atom is -0.463 e. The molecular formula is C81H140O16P2. The zero-order valence-corrected chi connectivity index (χ0v) is 63.9. The topological polar surface area (TPSA) is 231 Å². The Kier molecular flexibility index (Phi) is 70.7. The molecule has 0 radical (unpaired) electrons. The van der Waals surface area contributed by atoms with Crippen molar-refractivity contribution in [3.8, 4) is 0 Å². The number of hydrogen-bond donors (Lipinski definition) is 4. The van der Waals surface area contributed by atoms with E-state index in [0.717, 1.165) is 141 Å². The summed E-state index contributed by atoms with van der Waals surface area (Å²) >= 11 is 0. The van der Waals surface area contributed by atoms with Gasteiger partial charge in [0.2, 0.25) is 0 Å². The van der Waals surface area contributed by atoms with E-state index >= 15 is 0 Å². The van der Waals surface area contributed by atoms with Crippen LogP contribution in [0, 0.1) is 0 Å². The van der Waals surface area contributed by atoms with Crippen molar-refractivity contribution in [3.05, 3.63) is 122 Å². The van der Waals surface area contributed by atoms with E-state index in [-0.39, 0.29) is 19.3 Å². The van der Waals surface area contributed by atoms with Crippen molar-refractivity contribution in [1.82, 2.24) is 0 Å². The van der Waals surface area contributed by atoms with E-state index in [4.69, 9.17) is 32.3 Å². The molecule has 4 N–H and O–H groups in total. The van der Waals surface area contributed by atoms with Gasteiger partial charge in [-0.25, -0.2) is 9.13 Å². The zero-order chi connectivity index (χ0) is 72.3. The number of aliphatic hydroxyl groups excluding tert-OH is 2.